The van der Waals surface area contributed by atoms with E-state index in [9.17, 15) is 15.3 Å². The van der Waals surface area contributed by atoms with Crippen molar-refractivity contribution >= 4 is 11.6 Å². The van der Waals surface area contributed by atoms with Gasteiger partial charge in [0.25, 0.3) is 0 Å². The Morgan fingerprint density at radius 3 is 2.53 bits per heavy atom. The third kappa shape index (κ3) is 4.04. The number of aliphatic hydroxyl groups is 3. The molecule has 0 radical (unpaired) electrons. The molecule has 6 nitrogen and oxygen atoms in total. The number of ether oxygens (including phenoxy) is 3. The van der Waals surface area contributed by atoms with Gasteiger partial charge in [-0.05, 0) is 41.3 Å². The van der Waals surface area contributed by atoms with Gasteiger partial charge in [0.1, 0.15) is 23.6 Å². The first-order valence-corrected chi connectivity index (χ1v) is 11.6. The summed E-state index contributed by atoms with van der Waals surface area (Å²) in [5.41, 5.74) is 1.81. The van der Waals surface area contributed by atoms with Crippen LogP contribution in [0.2, 0.25) is 5.02 Å². The quantitative estimate of drug-likeness (QED) is 0.635. The molecule has 7 heteroatoms. The lowest BCUT2D eigenvalue weighted by Crippen LogP contribution is -2.52. The smallest absolute Gasteiger partial charge is 0.124 e. The number of rotatable bonds is 5. The van der Waals surface area contributed by atoms with Crippen LogP contribution >= 0.6 is 11.6 Å². The van der Waals surface area contributed by atoms with Crippen LogP contribution in [0.4, 0.5) is 0 Å². The highest BCUT2D eigenvalue weighted by molar-refractivity contribution is 6.31. The molecule has 4 unspecified atom stereocenters. The van der Waals surface area contributed by atoms with E-state index in [4.69, 9.17) is 25.8 Å². The highest BCUT2D eigenvalue weighted by atomic mass is 35.5. The molecule has 3 aliphatic rings. The molecule has 2 heterocycles. The number of hydrogen-bond acceptors (Lipinski definition) is 6. The molecule has 1 saturated carbocycles. The molecule has 2 aromatic carbocycles. The van der Waals surface area contributed by atoms with Gasteiger partial charge in [-0.15, -0.1) is 0 Å². The second-order valence-corrected chi connectivity index (χ2v) is 9.69. The van der Waals surface area contributed by atoms with E-state index >= 15 is 0 Å². The highest BCUT2D eigenvalue weighted by Crippen LogP contribution is 2.53. The van der Waals surface area contributed by atoms with Gasteiger partial charge >= 0.3 is 0 Å². The van der Waals surface area contributed by atoms with Crippen LogP contribution in [0.15, 0.2) is 42.5 Å². The molecule has 3 N–H and O–H groups in total. The van der Waals surface area contributed by atoms with E-state index in [1.807, 2.05) is 42.5 Å². The Kier molecular flexibility index (Phi) is 5.95. The summed E-state index contributed by atoms with van der Waals surface area (Å²) in [6.45, 7) is 3.16. The Morgan fingerprint density at radius 1 is 1.12 bits per heavy atom. The minimum Gasteiger partial charge on any atom is -0.488 e. The zero-order chi connectivity index (χ0) is 22.5. The summed E-state index contributed by atoms with van der Waals surface area (Å²) < 4.78 is 17.4. The summed E-state index contributed by atoms with van der Waals surface area (Å²) in [5, 5.41) is 32.0. The van der Waals surface area contributed by atoms with E-state index in [2.05, 4.69) is 0 Å². The van der Waals surface area contributed by atoms with Gasteiger partial charge in [0, 0.05) is 23.8 Å². The van der Waals surface area contributed by atoms with E-state index in [1.165, 1.54) is 0 Å². The largest absolute Gasteiger partial charge is 0.488 e. The van der Waals surface area contributed by atoms with Crippen LogP contribution in [0.5, 0.6) is 5.75 Å². The first-order chi connectivity index (χ1) is 15.4. The number of halogens is 1. The van der Waals surface area contributed by atoms with Crippen LogP contribution in [-0.2, 0) is 15.9 Å². The van der Waals surface area contributed by atoms with E-state index in [1.54, 1.807) is 6.92 Å². The average Bonchev–Trinajstić information content (AvgIpc) is 3.16. The SMILES string of the molecule is CC1[C@@H](O)C(c2ccc(Cl)c(Cc3ccc(O[C@H]4CCOC4)cc3)c2)OC2(CC2O)[C@H]1O. The van der Waals surface area contributed by atoms with Gasteiger partial charge in [-0.25, -0.2) is 0 Å². The second kappa shape index (κ2) is 8.60. The molecule has 2 aliphatic heterocycles. The van der Waals surface area contributed by atoms with Crippen molar-refractivity contribution in [1.82, 2.24) is 0 Å². The van der Waals surface area contributed by atoms with Crippen molar-refractivity contribution in [2.75, 3.05) is 13.2 Å². The molecule has 32 heavy (non-hydrogen) atoms. The number of aliphatic hydroxyl groups excluding tert-OH is 3. The molecule has 0 amide bonds. The Balaban J connectivity index is 1.33. The Hall–Kier alpha value is -1.67. The summed E-state index contributed by atoms with van der Waals surface area (Å²) in [4.78, 5) is 0. The van der Waals surface area contributed by atoms with Gasteiger partial charge < -0.3 is 29.5 Å². The summed E-state index contributed by atoms with van der Waals surface area (Å²) in [6, 6.07) is 13.6. The molecule has 5 rings (SSSR count). The maximum Gasteiger partial charge on any atom is 0.124 e. The molecule has 0 aromatic heterocycles. The molecular formula is C25H29ClO6. The van der Waals surface area contributed by atoms with Crippen molar-refractivity contribution in [3.8, 4) is 5.75 Å². The van der Waals surface area contributed by atoms with Crippen LogP contribution in [0.25, 0.3) is 0 Å². The van der Waals surface area contributed by atoms with E-state index in [-0.39, 0.29) is 6.10 Å². The summed E-state index contributed by atoms with van der Waals surface area (Å²) in [5.74, 6) is 0.409. The number of benzene rings is 2. The van der Waals surface area contributed by atoms with Crippen molar-refractivity contribution in [1.29, 1.82) is 0 Å². The van der Waals surface area contributed by atoms with Gasteiger partial charge in [0.05, 0.1) is 31.5 Å². The minimum atomic E-state index is -0.983. The number of hydrogen-bond donors (Lipinski definition) is 3. The van der Waals surface area contributed by atoms with Gasteiger partial charge in [-0.1, -0.05) is 42.8 Å². The van der Waals surface area contributed by atoms with E-state index in [0.29, 0.717) is 24.5 Å². The first kappa shape index (κ1) is 22.1. The van der Waals surface area contributed by atoms with Crippen LogP contribution < -0.4 is 4.74 Å². The van der Waals surface area contributed by atoms with Crippen molar-refractivity contribution in [3.63, 3.8) is 0 Å². The molecule has 2 aromatic rings. The molecule has 1 aliphatic carbocycles. The highest BCUT2D eigenvalue weighted by Gasteiger charge is 2.66. The predicted molar refractivity (Wildman–Crippen MR) is 119 cm³/mol. The van der Waals surface area contributed by atoms with Gasteiger partial charge in [0.15, 0.2) is 0 Å². The minimum absolute atomic E-state index is 0.114. The van der Waals surface area contributed by atoms with Crippen LogP contribution in [0.3, 0.4) is 0 Å². The van der Waals surface area contributed by atoms with Gasteiger partial charge in [0.2, 0.25) is 0 Å². The Bertz CT molecular complexity index is 959. The second-order valence-electron chi connectivity index (χ2n) is 9.28. The zero-order valence-electron chi connectivity index (χ0n) is 18.0. The monoisotopic (exact) mass is 460 g/mol. The van der Waals surface area contributed by atoms with Gasteiger partial charge in [-0.2, -0.15) is 0 Å². The van der Waals surface area contributed by atoms with Crippen LogP contribution in [-0.4, -0.2) is 58.6 Å². The molecule has 3 fully saturated rings. The van der Waals surface area contributed by atoms with E-state index in [0.717, 1.165) is 35.5 Å². The van der Waals surface area contributed by atoms with Crippen LogP contribution in [0.1, 0.15) is 42.6 Å². The lowest BCUT2D eigenvalue weighted by atomic mass is 9.83. The lowest BCUT2D eigenvalue weighted by Gasteiger charge is -2.42. The fraction of sp³-hybridized carbons (Fsp3) is 0.520. The Labute approximate surface area is 192 Å². The van der Waals surface area contributed by atoms with Crippen LogP contribution in [0, 0.1) is 5.92 Å². The van der Waals surface area contributed by atoms with Crippen molar-refractivity contribution in [3.05, 3.63) is 64.2 Å². The van der Waals surface area contributed by atoms with Gasteiger partial charge in [-0.3, -0.25) is 0 Å². The molecular weight excluding hydrogens is 432 g/mol. The van der Waals surface area contributed by atoms with Crippen molar-refractivity contribution in [2.45, 2.75) is 62.3 Å². The third-order valence-corrected chi connectivity index (χ3v) is 7.39. The standard InChI is InChI=1S/C25H29ClO6/c1-14-22(28)23(32-25(24(14)29)12-21(25)27)16-4-7-20(26)17(11-16)10-15-2-5-18(6-3-15)31-19-8-9-30-13-19/h2-7,11,14,19,21-24,27-29H,8-10,12-13H2,1H3/t14?,19-,21?,22+,23?,24-,25?/m0/s1. The fourth-order valence-electron chi connectivity index (χ4n) is 4.85. The molecule has 172 valence electrons. The average molecular weight is 461 g/mol. The summed E-state index contributed by atoms with van der Waals surface area (Å²) in [7, 11) is 0. The summed E-state index contributed by atoms with van der Waals surface area (Å²) in [6.07, 6.45) is -1.10. The summed E-state index contributed by atoms with van der Waals surface area (Å²) >= 11 is 6.49. The fourth-order valence-corrected chi connectivity index (χ4v) is 5.03. The van der Waals surface area contributed by atoms with E-state index < -0.39 is 35.9 Å². The molecule has 2 saturated heterocycles. The molecule has 1 spiro atoms. The first-order valence-electron chi connectivity index (χ1n) is 11.2. The van der Waals surface area contributed by atoms with Crippen molar-refractivity contribution < 1.29 is 29.5 Å². The third-order valence-electron chi connectivity index (χ3n) is 7.02. The maximum absolute atomic E-state index is 10.8. The molecule has 7 atom stereocenters. The zero-order valence-corrected chi connectivity index (χ0v) is 18.7. The predicted octanol–water partition coefficient (Wildman–Crippen LogP) is 3.03. The molecule has 0 bridgehead atoms. The van der Waals surface area contributed by atoms with Crippen molar-refractivity contribution in [2.24, 2.45) is 5.92 Å². The topological polar surface area (TPSA) is 88.4 Å². The normalized spacial score (nSPS) is 36.4. The maximum atomic E-state index is 10.8. The lowest BCUT2D eigenvalue weighted by molar-refractivity contribution is -0.221. The Morgan fingerprint density at radius 2 is 1.88 bits per heavy atom.